The first-order chi connectivity index (χ1) is 12.6. The highest BCUT2D eigenvalue weighted by Crippen LogP contribution is 2.21. The Hall–Kier alpha value is -3.61. The highest BCUT2D eigenvalue weighted by atomic mass is 19.1. The number of carbonyl (C=O) groups excluding carboxylic acids is 1. The number of anilines is 1. The van der Waals surface area contributed by atoms with Crippen molar-refractivity contribution < 1.29 is 9.18 Å². The molecule has 4 aromatic rings. The van der Waals surface area contributed by atoms with Crippen molar-refractivity contribution >= 4 is 22.5 Å². The zero-order valence-electron chi connectivity index (χ0n) is 13.8. The van der Waals surface area contributed by atoms with Gasteiger partial charge in [0.05, 0.1) is 11.1 Å². The Balaban J connectivity index is 1.66. The van der Waals surface area contributed by atoms with E-state index in [2.05, 4.69) is 20.4 Å². The van der Waals surface area contributed by atoms with Crippen LogP contribution in [0.4, 0.5) is 10.1 Å². The highest BCUT2D eigenvalue weighted by Gasteiger charge is 2.13. The largest absolute Gasteiger partial charge is 0.322 e. The van der Waals surface area contributed by atoms with E-state index < -0.39 is 5.82 Å². The summed E-state index contributed by atoms with van der Waals surface area (Å²) < 4.78 is 15.7. The van der Waals surface area contributed by atoms with Crippen LogP contribution in [-0.4, -0.2) is 25.7 Å². The maximum absolute atomic E-state index is 14.3. The molecule has 7 heteroatoms. The molecule has 0 aliphatic rings. The standard InChI is InChI=1S/C19H14FN5O/c1-12-8-15(14-4-2-3-5-17(14)23-12)19(26)24-13-6-7-18(16(20)9-13)25-11-21-10-22-25/h2-11H,1H3,(H,24,26). The maximum Gasteiger partial charge on any atom is 0.256 e. The topological polar surface area (TPSA) is 72.7 Å². The van der Waals surface area contributed by atoms with Gasteiger partial charge in [0.2, 0.25) is 0 Å². The number of rotatable bonds is 3. The second-order valence-corrected chi connectivity index (χ2v) is 5.79. The van der Waals surface area contributed by atoms with Gasteiger partial charge in [0.1, 0.15) is 18.3 Å². The van der Waals surface area contributed by atoms with E-state index in [4.69, 9.17) is 0 Å². The first kappa shape index (κ1) is 15.9. The maximum atomic E-state index is 14.3. The zero-order valence-corrected chi connectivity index (χ0v) is 13.8. The predicted molar refractivity (Wildman–Crippen MR) is 95.8 cm³/mol. The summed E-state index contributed by atoms with van der Waals surface area (Å²) in [6, 6.07) is 13.5. The number of hydrogen-bond acceptors (Lipinski definition) is 4. The Morgan fingerprint density at radius 1 is 1.15 bits per heavy atom. The van der Waals surface area contributed by atoms with Crippen LogP contribution in [0.25, 0.3) is 16.6 Å². The van der Waals surface area contributed by atoms with Crippen LogP contribution in [0.5, 0.6) is 0 Å². The quantitative estimate of drug-likeness (QED) is 0.615. The summed E-state index contributed by atoms with van der Waals surface area (Å²) in [4.78, 5) is 20.9. The molecule has 0 aliphatic carbocycles. The smallest absolute Gasteiger partial charge is 0.256 e. The first-order valence-electron chi connectivity index (χ1n) is 7.94. The molecule has 2 aromatic carbocycles. The Kier molecular flexibility index (Phi) is 3.89. The predicted octanol–water partition coefficient (Wildman–Crippen LogP) is 3.52. The van der Waals surface area contributed by atoms with E-state index in [0.29, 0.717) is 11.3 Å². The summed E-state index contributed by atoms with van der Waals surface area (Å²) in [5.74, 6) is -0.830. The van der Waals surface area contributed by atoms with Crippen LogP contribution in [-0.2, 0) is 0 Å². The number of hydrogen-bond donors (Lipinski definition) is 1. The van der Waals surface area contributed by atoms with Gasteiger partial charge in [-0.1, -0.05) is 18.2 Å². The molecule has 6 nitrogen and oxygen atoms in total. The third-order valence-corrected chi connectivity index (χ3v) is 3.96. The van der Waals surface area contributed by atoms with Crippen LogP contribution in [0.2, 0.25) is 0 Å². The number of para-hydroxylation sites is 1. The molecule has 0 fully saturated rings. The molecule has 1 amide bonds. The lowest BCUT2D eigenvalue weighted by molar-refractivity contribution is 0.102. The fourth-order valence-electron chi connectivity index (χ4n) is 2.80. The van der Waals surface area contributed by atoms with Gasteiger partial charge in [-0.25, -0.2) is 14.1 Å². The van der Waals surface area contributed by atoms with Crippen molar-refractivity contribution in [3.63, 3.8) is 0 Å². The van der Waals surface area contributed by atoms with Crippen LogP contribution in [0.1, 0.15) is 16.1 Å². The van der Waals surface area contributed by atoms with Gasteiger partial charge >= 0.3 is 0 Å². The normalized spacial score (nSPS) is 10.8. The van der Waals surface area contributed by atoms with Crippen molar-refractivity contribution in [3.05, 3.63) is 78.3 Å². The SMILES string of the molecule is Cc1cc(C(=O)Nc2ccc(-n3cncn3)c(F)c2)c2ccccc2n1. The van der Waals surface area contributed by atoms with Gasteiger partial charge in [0.25, 0.3) is 5.91 Å². The lowest BCUT2D eigenvalue weighted by Gasteiger charge is -2.10. The average molecular weight is 347 g/mol. The third-order valence-electron chi connectivity index (χ3n) is 3.96. The van der Waals surface area contributed by atoms with Crippen LogP contribution in [0, 0.1) is 12.7 Å². The molecule has 1 N–H and O–H groups in total. The van der Waals surface area contributed by atoms with Gasteiger partial charge in [-0.2, -0.15) is 5.10 Å². The molecule has 0 bridgehead atoms. The Bertz CT molecular complexity index is 1110. The Labute approximate surface area is 148 Å². The van der Waals surface area contributed by atoms with E-state index in [1.807, 2.05) is 31.2 Å². The van der Waals surface area contributed by atoms with Crippen molar-refractivity contribution in [3.8, 4) is 5.69 Å². The molecule has 0 spiro atoms. The van der Waals surface area contributed by atoms with Gasteiger partial charge < -0.3 is 5.32 Å². The zero-order chi connectivity index (χ0) is 18.1. The van der Waals surface area contributed by atoms with Crippen molar-refractivity contribution in [1.29, 1.82) is 0 Å². The second kappa shape index (κ2) is 6.36. The van der Waals surface area contributed by atoms with Gasteiger partial charge in [0.15, 0.2) is 5.82 Å². The van der Waals surface area contributed by atoms with E-state index >= 15 is 0 Å². The third kappa shape index (κ3) is 2.90. The summed E-state index contributed by atoms with van der Waals surface area (Å²) in [6.45, 7) is 1.83. The van der Waals surface area contributed by atoms with Crippen molar-refractivity contribution in [2.45, 2.75) is 6.92 Å². The van der Waals surface area contributed by atoms with Gasteiger partial charge in [-0.05, 0) is 37.3 Å². The van der Waals surface area contributed by atoms with E-state index in [1.54, 1.807) is 12.1 Å². The Morgan fingerprint density at radius 2 is 2.00 bits per heavy atom. The summed E-state index contributed by atoms with van der Waals surface area (Å²) in [7, 11) is 0. The van der Waals surface area contributed by atoms with Gasteiger partial charge in [-0.3, -0.25) is 9.78 Å². The van der Waals surface area contributed by atoms with E-state index in [-0.39, 0.29) is 11.6 Å². The molecule has 0 atom stereocenters. The minimum atomic E-state index is -0.510. The summed E-state index contributed by atoms with van der Waals surface area (Å²) in [6.07, 6.45) is 2.73. The number of aromatic nitrogens is 4. The first-order valence-corrected chi connectivity index (χ1v) is 7.94. The minimum Gasteiger partial charge on any atom is -0.322 e. The summed E-state index contributed by atoms with van der Waals surface area (Å²) >= 11 is 0. The lowest BCUT2D eigenvalue weighted by Crippen LogP contribution is -2.13. The molecule has 4 rings (SSSR count). The van der Waals surface area contributed by atoms with E-state index in [9.17, 15) is 9.18 Å². The lowest BCUT2D eigenvalue weighted by atomic mass is 10.1. The molecular weight excluding hydrogens is 333 g/mol. The molecule has 26 heavy (non-hydrogen) atoms. The van der Waals surface area contributed by atoms with Gasteiger partial charge in [-0.15, -0.1) is 0 Å². The summed E-state index contributed by atoms with van der Waals surface area (Å²) in [5.41, 5.74) is 2.58. The fourth-order valence-corrected chi connectivity index (χ4v) is 2.80. The van der Waals surface area contributed by atoms with Gasteiger partial charge in [0, 0.05) is 16.8 Å². The summed E-state index contributed by atoms with van der Waals surface area (Å²) in [5, 5.41) is 7.39. The fraction of sp³-hybridized carbons (Fsp3) is 0.0526. The number of nitrogens with one attached hydrogen (secondary N) is 1. The number of fused-ring (bicyclic) bond motifs is 1. The molecule has 0 aliphatic heterocycles. The number of pyridine rings is 1. The molecule has 2 heterocycles. The molecular formula is C19H14FN5O. The molecule has 0 unspecified atom stereocenters. The minimum absolute atomic E-state index is 0.255. The van der Waals surface area contributed by atoms with E-state index in [0.717, 1.165) is 16.6 Å². The number of carbonyl (C=O) groups is 1. The number of benzene rings is 2. The second-order valence-electron chi connectivity index (χ2n) is 5.79. The van der Waals surface area contributed by atoms with Crippen molar-refractivity contribution in [2.75, 3.05) is 5.32 Å². The molecule has 0 radical (unpaired) electrons. The van der Waals surface area contributed by atoms with Crippen LogP contribution in [0.3, 0.4) is 0 Å². The van der Waals surface area contributed by atoms with Crippen LogP contribution >= 0.6 is 0 Å². The number of nitrogens with zero attached hydrogens (tertiary/aromatic N) is 4. The van der Waals surface area contributed by atoms with Crippen LogP contribution < -0.4 is 5.32 Å². The van der Waals surface area contributed by atoms with Crippen LogP contribution in [0.15, 0.2) is 61.2 Å². The van der Waals surface area contributed by atoms with Crippen molar-refractivity contribution in [2.24, 2.45) is 0 Å². The monoisotopic (exact) mass is 347 g/mol. The average Bonchev–Trinajstić information content (AvgIpc) is 3.15. The van der Waals surface area contributed by atoms with E-state index in [1.165, 1.54) is 29.5 Å². The highest BCUT2D eigenvalue weighted by molar-refractivity contribution is 6.12. The number of halogens is 1. The Morgan fingerprint density at radius 3 is 2.77 bits per heavy atom. The molecule has 128 valence electrons. The molecule has 0 saturated heterocycles. The molecule has 0 saturated carbocycles. The number of aryl methyl sites for hydroxylation is 1. The van der Waals surface area contributed by atoms with Crippen molar-refractivity contribution in [1.82, 2.24) is 19.7 Å². The number of amides is 1. The molecule has 2 aromatic heterocycles.